The second-order valence-electron chi connectivity index (χ2n) is 9.16. The Hall–Kier alpha value is -3.22. The van der Waals surface area contributed by atoms with Crippen molar-refractivity contribution < 1.29 is 58.1 Å². The molecule has 1 aliphatic rings. The number of aliphatic hydroxyl groups excluding tert-OH is 2. The third-order valence-electron chi connectivity index (χ3n) is 5.66. The maximum Gasteiger partial charge on any atom is 0.410 e. The van der Waals surface area contributed by atoms with E-state index < -0.39 is 66.7 Å². The number of nitrogens with one attached hydrogen (secondary N) is 1. The van der Waals surface area contributed by atoms with E-state index in [4.69, 9.17) is 39.9 Å². The molecule has 0 spiro atoms. The van der Waals surface area contributed by atoms with Gasteiger partial charge in [-0.15, -0.1) is 0 Å². The molecule has 5 atom stereocenters. The lowest BCUT2D eigenvalue weighted by atomic mass is 9.92. The van der Waals surface area contributed by atoms with Crippen molar-refractivity contribution in [3.05, 3.63) is 11.8 Å². The number of carbonyl (C=O) groups is 3. The van der Waals surface area contributed by atoms with Gasteiger partial charge in [0, 0.05) is 27.1 Å². The molecule has 0 bridgehead atoms. The maximum absolute atomic E-state index is 12.8. The summed E-state index contributed by atoms with van der Waals surface area (Å²) < 4.78 is 32.5. The molecule has 0 aromatic carbocycles. The third-order valence-corrected chi connectivity index (χ3v) is 5.66. The van der Waals surface area contributed by atoms with Crippen LogP contribution >= 0.6 is 0 Å². The average Bonchev–Trinajstić information content (AvgIpc) is 2.93. The Labute approximate surface area is 244 Å². The van der Waals surface area contributed by atoms with E-state index in [2.05, 4.69) is 10.3 Å². The Kier molecular flexibility index (Phi) is 18.1. The van der Waals surface area contributed by atoms with E-state index in [0.29, 0.717) is 39.6 Å². The molecule has 8 N–H and O–H groups in total. The summed E-state index contributed by atoms with van der Waals surface area (Å²) in [6.07, 6.45) is -3.79. The zero-order valence-corrected chi connectivity index (χ0v) is 24.3. The molecule has 42 heavy (non-hydrogen) atoms. The largest absolute Gasteiger partial charge is 0.477 e. The molecular weight excluding hydrogens is 562 g/mol. The Bertz CT molecular complexity index is 886. The fourth-order valence-electron chi connectivity index (χ4n) is 3.67. The molecule has 17 nitrogen and oxygen atoms in total. The number of aliphatic imine (C=N–C) groups is 1. The summed E-state index contributed by atoms with van der Waals surface area (Å²) >= 11 is 0. The smallest absolute Gasteiger partial charge is 0.410 e. The van der Waals surface area contributed by atoms with Gasteiger partial charge in [-0.05, 0) is 12.5 Å². The summed E-state index contributed by atoms with van der Waals surface area (Å²) in [6, 6.07) is -2.34. The molecule has 0 aromatic rings. The molecule has 0 saturated carbocycles. The highest BCUT2D eigenvalue weighted by Gasteiger charge is 2.46. The predicted molar refractivity (Wildman–Crippen MR) is 147 cm³/mol. The molecule has 0 fully saturated rings. The molecular formula is C25H45N5O12. The van der Waals surface area contributed by atoms with Crippen LogP contribution in [0.3, 0.4) is 0 Å². The maximum atomic E-state index is 12.8. The van der Waals surface area contributed by atoms with Gasteiger partial charge in [-0.2, -0.15) is 0 Å². The quantitative estimate of drug-likeness (QED) is 0.0459. The summed E-state index contributed by atoms with van der Waals surface area (Å²) in [6.45, 7) is 5.67. The van der Waals surface area contributed by atoms with Crippen molar-refractivity contribution in [2.75, 3.05) is 73.1 Å². The van der Waals surface area contributed by atoms with Gasteiger partial charge in [0.05, 0.1) is 64.9 Å². The number of ether oxygens (including phenoxy) is 6. The van der Waals surface area contributed by atoms with E-state index in [1.165, 1.54) is 14.0 Å². The molecule has 1 rings (SSSR count). The molecule has 1 aliphatic heterocycles. The van der Waals surface area contributed by atoms with Crippen molar-refractivity contribution in [2.45, 2.75) is 50.7 Å². The number of amides is 2. The first-order valence-corrected chi connectivity index (χ1v) is 13.5. The van der Waals surface area contributed by atoms with Gasteiger partial charge in [0.25, 0.3) is 0 Å². The topological polar surface area (TPSA) is 247 Å². The Morgan fingerprint density at radius 1 is 1.05 bits per heavy atom. The predicted octanol–water partition coefficient (Wildman–Crippen LogP) is -2.23. The number of likely N-dealkylation sites (N-methyl/N-ethyl adjacent to an activating group) is 1. The minimum Gasteiger partial charge on any atom is -0.477 e. The fraction of sp³-hybridized carbons (Fsp3) is 0.760. The summed E-state index contributed by atoms with van der Waals surface area (Å²) in [7, 11) is 1.41. The number of carbonyl (C=O) groups excluding carboxylic acids is 2. The van der Waals surface area contributed by atoms with Crippen molar-refractivity contribution in [3.8, 4) is 0 Å². The van der Waals surface area contributed by atoms with Gasteiger partial charge in [-0.25, -0.2) is 14.6 Å². The zero-order valence-electron chi connectivity index (χ0n) is 24.3. The molecule has 1 heterocycles. The van der Waals surface area contributed by atoms with Gasteiger partial charge in [-0.3, -0.25) is 4.79 Å². The van der Waals surface area contributed by atoms with Crippen molar-refractivity contribution in [2.24, 2.45) is 16.5 Å². The van der Waals surface area contributed by atoms with Crippen LogP contribution in [0.4, 0.5) is 4.79 Å². The van der Waals surface area contributed by atoms with Gasteiger partial charge in [0.1, 0.15) is 6.10 Å². The van der Waals surface area contributed by atoms with Gasteiger partial charge in [-0.1, -0.05) is 6.92 Å². The Balaban J connectivity index is 2.68. The van der Waals surface area contributed by atoms with Gasteiger partial charge in [0.15, 0.2) is 18.2 Å². The number of nitrogens with zero attached hydrogens (tertiary/aromatic N) is 2. The van der Waals surface area contributed by atoms with E-state index >= 15 is 0 Å². The normalized spacial score (nSPS) is 19.5. The van der Waals surface area contributed by atoms with Crippen molar-refractivity contribution >= 4 is 23.9 Å². The van der Waals surface area contributed by atoms with Crippen LogP contribution in [0.1, 0.15) is 20.3 Å². The van der Waals surface area contributed by atoms with E-state index in [9.17, 15) is 29.7 Å². The van der Waals surface area contributed by atoms with E-state index in [0.717, 1.165) is 17.4 Å². The van der Waals surface area contributed by atoms with Crippen LogP contribution in [0.2, 0.25) is 0 Å². The number of carboxylic acids is 1. The first-order chi connectivity index (χ1) is 20.0. The molecule has 0 radical (unpaired) electrons. The number of guanidine groups is 1. The summed E-state index contributed by atoms with van der Waals surface area (Å²) in [5, 5.41) is 32.2. The van der Waals surface area contributed by atoms with Crippen LogP contribution in [0.5, 0.6) is 0 Å². The highest BCUT2D eigenvalue weighted by molar-refractivity contribution is 5.85. The highest BCUT2D eigenvalue weighted by Crippen LogP contribution is 2.27. The Morgan fingerprint density at radius 2 is 1.60 bits per heavy atom. The van der Waals surface area contributed by atoms with Gasteiger partial charge < -0.3 is 65.4 Å². The second-order valence-corrected chi connectivity index (χ2v) is 9.16. The molecule has 0 aliphatic carbocycles. The average molecular weight is 608 g/mol. The lowest BCUT2D eigenvalue weighted by molar-refractivity contribution is -0.146. The van der Waals surface area contributed by atoms with Gasteiger partial charge in [0.2, 0.25) is 11.7 Å². The number of nitrogens with two attached hydrogens (primary N) is 2. The second kappa shape index (κ2) is 20.6. The first-order valence-electron chi connectivity index (χ1n) is 13.5. The number of aliphatic hydroxyl groups is 2. The van der Waals surface area contributed by atoms with Crippen molar-refractivity contribution in [1.82, 2.24) is 10.2 Å². The third kappa shape index (κ3) is 14.1. The van der Waals surface area contributed by atoms with Crippen molar-refractivity contribution in [1.29, 1.82) is 0 Å². The zero-order chi connectivity index (χ0) is 31.5. The first kappa shape index (κ1) is 36.8. The van der Waals surface area contributed by atoms with Crippen LogP contribution in [0.25, 0.3) is 0 Å². The number of hydrogen-bond acceptors (Lipinski definition) is 12. The van der Waals surface area contributed by atoms with E-state index in [-0.39, 0.29) is 19.8 Å². The highest BCUT2D eigenvalue weighted by atomic mass is 16.6. The molecule has 17 heteroatoms. The summed E-state index contributed by atoms with van der Waals surface area (Å²) in [4.78, 5) is 41.5. The lowest BCUT2D eigenvalue weighted by Crippen LogP contribution is -2.61. The molecule has 0 aromatic heterocycles. The number of rotatable bonds is 21. The molecule has 2 amide bonds. The molecule has 0 saturated heterocycles. The SMILES string of the molecule is CCCOCCOCCOCCOCCN(C)C(=O)O[C@@H]([C@H]1OC(C(=O)O)=C[C@@H](N=C(N)N)[C@@H]1NC(C)=O)[C@H](O)CO. The van der Waals surface area contributed by atoms with E-state index in [1.54, 1.807) is 0 Å². The number of aliphatic carboxylic acids is 1. The number of carboxylic acid groups (broad SMARTS) is 1. The van der Waals surface area contributed by atoms with Crippen LogP contribution in [-0.2, 0) is 38.0 Å². The standard InChI is InChI=1S/C25H45N5O12/c1-4-6-37-8-10-39-12-13-40-11-9-38-7-5-30(3)25(36)42-21(18(33)15-31)22-20(28-16(2)32)17(29-24(26)27)14-19(41-22)23(34)35/h14,17-18,20-22,31,33H,4-13,15H2,1-3H3,(H,28,32)(H,34,35)(H4,26,27,29)/t17-,18-,20+,21-,22+/m1/s1. The summed E-state index contributed by atoms with van der Waals surface area (Å²) in [5.74, 6) is -3.09. The van der Waals surface area contributed by atoms with Crippen LogP contribution < -0.4 is 16.8 Å². The van der Waals surface area contributed by atoms with Crippen LogP contribution in [-0.4, -0.2) is 148 Å². The Morgan fingerprint density at radius 3 is 2.07 bits per heavy atom. The minimum atomic E-state index is -1.72. The van der Waals surface area contributed by atoms with E-state index in [1.807, 2.05) is 6.92 Å². The van der Waals surface area contributed by atoms with Gasteiger partial charge >= 0.3 is 12.1 Å². The molecule has 242 valence electrons. The monoisotopic (exact) mass is 607 g/mol. The number of hydrogen-bond donors (Lipinski definition) is 6. The minimum absolute atomic E-state index is 0.0825. The van der Waals surface area contributed by atoms with Crippen molar-refractivity contribution in [3.63, 3.8) is 0 Å². The van der Waals surface area contributed by atoms with Crippen LogP contribution in [0, 0.1) is 0 Å². The lowest BCUT2D eigenvalue weighted by Gasteiger charge is -2.40. The summed E-state index contributed by atoms with van der Waals surface area (Å²) in [5.41, 5.74) is 11.0. The molecule has 0 unspecified atom stereocenters. The van der Waals surface area contributed by atoms with Crippen LogP contribution in [0.15, 0.2) is 16.8 Å². The fourth-order valence-corrected chi connectivity index (χ4v) is 3.67.